The number of methoxy groups -OCH3 is 1. The molecule has 1 aromatic heterocycles. The number of nitro groups is 1. The zero-order valence-electron chi connectivity index (χ0n) is 16.7. The normalized spacial score (nSPS) is 11.2. The number of hydrogen-bond donors (Lipinski definition) is 1. The molecule has 1 heterocycles. The van der Waals surface area contributed by atoms with E-state index in [1.54, 1.807) is 24.3 Å². The van der Waals surface area contributed by atoms with Gasteiger partial charge in [-0.1, -0.05) is 39.8 Å². The van der Waals surface area contributed by atoms with E-state index in [4.69, 9.17) is 4.74 Å². The first kappa shape index (κ1) is 24.5. The van der Waals surface area contributed by atoms with Crippen LogP contribution in [0.5, 0.6) is 5.75 Å². The van der Waals surface area contributed by atoms with E-state index in [0.717, 1.165) is 16.6 Å². The molecular weight excluding hydrogens is 529 g/mol. The van der Waals surface area contributed by atoms with Crippen molar-refractivity contribution >= 4 is 45.0 Å². The molecule has 172 valence electrons. The van der Waals surface area contributed by atoms with E-state index in [9.17, 15) is 28.1 Å². The topological polar surface area (TPSA) is 107 Å². The number of nitro benzene ring substituents is 1. The fourth-order valence-electron chi connectivity index (χ4n) is 2.62. The van der Waals surface area contributed by atoms with Gasteiger partial charge in [0.15, 0.2) is 5.16 Å². The van der Waals surface area contributed by atoms with Crippen molar-refractivity contribution < 1.29 is 27.6 Å². The molecule has 8 nitrogen and oxygen atoms in total. The third-order valence-corrected chi connectivity index (χ3v) is 5.52. The Morgan fingerprint density at radius 1 is 1.18 bits per heavy atom. The summed E-state index contributed by atoms with van der Waals surface area (Å²) in [4.78, 5) is 30.5. The number of ether oxygens (including phenoxy) is 1. The molecule has 0 saturated carbocycles. The van der Waals surface area contributed by atoms with Crippen LogP contribution in [0.1, 0.15) is 5.69 Å². The number of nitrogens with one attached hydrogen (secondary N) is 1. The lowest BCUT2D eigenvalue weighted by atomic mass is 10.1. The van der Waals surface area contributed by atoms with E-state index in [1.807, 2.05) is 0 Å². The van der Waals surface area contributed by atoms with Crippen molar-refractivity contribution in [3.63, 3.8) is 0 Å². The highest BCUT2D eigenvalue weighted by Gasteiger charge is 2.34. The van der Waals surface area contributed by atoms with Crippen molar-refractivity contribution in [3.8, 4) is 17.0 Å². The van der Waals surface area contributed by atoms with Crippen LogP contribution in [0.4, 0.5) is 24.5 Å². The predicted molar refractivity (Wildman–Crippen MR) is 119 cm³/mol. The lowest BCUT2D eigenvalue weighted by Gasteiger charge is -2.11. The number of halogens is 4. The van der Waals surface area contributed by atoms with Gasteiger partial charge >= 0.3 is 6.18 Å². The Morgan fingerprint density at radius 3 is 2.48 bits per heavy atom. The number of amides is 1. The van der Waals surface area contributed by atoms with Crippen LogP contribution in [0.25, 0.3) is 11.3 Å². The second-order valence-corrected chi connectivity index (χ2v) is 8.26. The predicted octanol–water partition coefficient (Wildman–Crippen LogP) is 5.57. The standard InChI is InChI=1S/C20H14BrF3N4O4S/c1-32-13-6-7-14(16(8-13)28(30)31)25-18(29)10-33-19-26-15(9-17(27-19)20(22,23)24)11-2-4-12(21)5-3-11/h2-9H,10H2,1H3,(H,25,29). The van der Waals surface area contributed by atoms with Gasteiger partial charge in [-0.2, -0.15) is 13.2 Å². The van der Waals surface area contributed by atoms with E-state index < -0.39 is 22.7 Å². The molecule has 0 aliphatic rings. The molecule has 0 radical (unpaired) electrons. The van der Waals surface area contributed by atoms with Crippen molar-refractivity contribution in [2.24, 2.45) is 0 Å². The number of thioether (sulfide) groups is 1. The van der Waals surface area contributed by atoms with E-state index in [2.05, 4.69) is 31.2 Å². The summed E-state index contributed by atoms with van der Waals surface area (Å²) in [5, 5.41) is 13.3. The third kappa shape index (κ3) is 6.42. The summed E-state index contributed by atoms with van der Waals surface area (Å²) in [6, 6.07) is 11.2. The maximum Gasteiger partial charge on any atom is 0.433 e. The Bertz CT molecular complexity index is 1190. The van der Waals surface area contributed by atoms with E-state index in [0.29, 0.717) is 17.3 Å². The minimum atomic E-state index is -4.71. The van der Waals surface area contributed by atoms with Gasteiger partial charge in [0.1, 0.15) is 17.1 Å². The molecule has 1 amide bonds. The van der Waals surface area contributed by atoms with Gasteiger partial charge in [0.25, 0.3) is 5.69 Å². The maximum atomic E-state index is 13.3. The molecule has 3 rings (SSSR count). The van der Waals surface area contributed by atoms with Crippen LogP contribution in [0.15, 0.2) is 58.2 Å². The first-order chi connectivity index (χ1) is 15.6. The number of rotatable bonds is 7. The minimum Gasteiger partial charge on any atom is -0.496 e. The Labute approximate surface area is 197 Å². The van der Waals surface area contributed by atoms with Crippen molar-refractivity contribution in [2.45, 2.75) is 11.3 Å². The van der Waals surface area contributed by atoms with Gasteiger partial charge < -0.3 is 10.1 Å². The summed E-state index contributed by atoms with van der Waals surface area (Å²) in [7, 11) is 1.34. The number of anilines is 1. The van der Waals surface area contributed by atoms with Crippen molar-refractivity contribution in [3.05, 3.63) is 68.8 Å². The monoisotopic (exact) mass is 542 g/mol. The van der Waals surface area contributed by atoms with Crippen LogP contribution in [-0.2, 0) is 11.0 Å². The zero-order chi connectivity index (χ0) is 24.2. The van der Waals surface area contributed by atoms with Crippen LogP contribution >= 0.6 is 27.7 Å². The summed E-state index contributed by atoms with van der Waals surface area (Å²) in [5.74, 6) is -0.823. The number of carbonyl (C=O) groups excluding carboxylic acids is 1. The summed E-state index contributed by atoms with van der Waals surface area (Å²) in [6.45, 7) is 0. The summed E-state index contributed by atoms with van der Waals surface area (Å²) < 4.78 is 45.7. The molecule has 2 aromatic carbocycles. The van der Waals surface area contributed by atoms with E-state index >= 15 is 0 Å². The second kappa shape index (κ2) is 10.2. The van der Waals surface area contributed by atoms with Crippen LogP contribution < -0.4 is 10.1 Å². The van der Waals surface area contributed by atoms with Crippen molar-refractivity contribution in [1.82, 2.24) is 9.97 Å². The third-order valence-electron chi connectivity index (χ3n) is 4.14. The Morgan fingerprint density at radius 2 is 1.88 bits per heavy atom. The largest absolute Gasteiger partial charge is 0.496 e. The average molecular weight is 543 g/mol. The van der Waals surface area contributed by atoms with Crippen LogP contribution in [-0.4, -0.2) is 33.7 Å². The molecule has 0 fully saturated rings. The number of alkyl halides is 3. The Balaban J connectivity index is 1.80. The molecule has 13 heteroatoms. The molecular formula is C20H14BrF3N4O4S. The molecule has 0 unspecified atom stereocenters. The lowest BCUT2D eigenvalue weighted by molar-refractivity contribution is -0.384. The Kier molecular flexibility index (Phi) is 7.53. The van der Waals surface area contributed by atoms with Crippen LogP contribution in [0, 0.1) is 10.1 Å². The molecule has 33 heavy (non-hydrogen) atoms. The highest BCUT2D eigenvalue weighted by molar-refractivity contribution is 9.10. The van der Waals surface area contributed by atoms with Gasteiger partial charge in [-0.15, -0.1) is 0 Å². The summed E-state index contributed by atoms with van der Waals surface area (Å²) in [6.07, 6.45) is -4.71. The fraction of sp³-hybridized carbons (Fsp3) is 0.150. The first-order valence-corrected chi connectivity index (χ1v) is 10.8. The molecule has 3 aromatic rings. The fourth-order valence-corrected chi connectivity index (χ4v) is 3.54. The number of carbonyl (C=O) groups is 1. The highest BCUT2D eigenvalue weighted by Crippen LogP contribution is 2.33. The molecule has 1 N–H and O–H groups in total. The van der Waals surface area contributed by atoms with Crippen LogP contribution in [0.3, 0.4) is 0 Å². The van der Waals surface area contributed by atoms with Crippen molar-refractivity contribution in [1.29, 1.82) is 0 Å². The molecule has 0 saturated heterocycles. The number of benzene rings is 2. The molecule has 0 atom stereocenters. The smallest absolute Gasteiger partial charge is 0.433 e. The molecule has 0 aliphatic heterocycles. The number of aromatic nitrogens is 2. The minimum absolute atomic E-state index is 0.0403. The highest BCUT2D eigenvalue weighted by atomic mass is 79.9. The van der Waals surface area contributed by atoms with E-state index in [1.165, 1.54) is 19.2 Å². The van der Waals surface area contributed by atoms with Gasteiger partial charge in [-0.05, 0) is 30.3 Å². The zero-order valence-corrected chi connectivity index (χ0v) is 19.1. The molecule has 0 spiro atoms. The summed E-state index contributed by atoms with van der Waals surface area (Å²) in [5.41, 5.74) is -1.14. The van der Waals surface area contributed by atoms with Gasteiger partial charge in [-0.3, -0.25) is 14.9 Å². The van der Waals surface area contributed by atoms with Gasteiger partial charge in [0.2, 0.25) is 5.91 Å². The van der Waals surface area contributed by atoms with Gasteiger partial charge in [0, 0.05) is 10.0 Å². The number of nitrogens with zero attached hydrogens (tertiary/aromatic N) is 3. The average Bonchev–Trinajstić information content (AvgIpc) is 2.77. The second-order valence-electron chi connectivity index (χ2n) is 6.40. The first-order valence-electron chi connectivity index (χ1n) is 9.04. The Hall–Kier alpha value is -3.19. The SMILES string of the molecule is COc1ccc(NC(=O)CSc2nc(-c3ccc(Br)cc3)cc(C(F)(F)F)n2)c([N+](=O)[O-])c1. The van der Waals surface area contributed by atoms with Crippen LogP contribution in [0.2, 0.25) is 0 Å². The molecule has 0 aliphatic carbocycles. The van der Waals surface area contributed by atoms with E-state index in [-0.39, 0.29) is 33.7 Å². The quantitative estimate of drug-likeness (QED) is 0.180. The number of hydrogen-bond acceptors (Lipinski definition) is 7. The van der Waals surface area contributed by atoms with Gasteiger partial charge in [0.05, 0.1) is 29.5 Å². The van der Waals surface area contributed by atoms with Crippen molar-refractivity contribution in [2.75, 3.05) is 18.2 Å². The summed E-state index contributed by atoms with van der Waals surface area (Å²) >= 11 is 3.93. The molecule has 0 bridgehead atoms. The van der Waals surface area contributed by atoms with Gasteiger partial charge in [-0.25, -0.2) is 9.97 Å². The lowest BCUT2D eigenvalue weighted by Crippen LogP contribution is -2.16. The maximum absolute atomic E-state index is 13.3.